The zero-order chi connectivity index (χ0) is 26.8. The summed E-state index contributed by atoms with van der Waals surface area (Å²) in [4.78, 5) is 19.9. The van der Waals surface area contributed by atoms with Crippen LogP contribution in [0.4, 0.5) is 5.69 Å². The van der Waals surface area contributed by atoms with E-state index in [-0.39, 0.29) is 23.9 Å². The normalized spacial score (nSPS) is 17.3. The molecule has 8 heteroatoms. The van der Waals surface area contributed by atoms with E-state index in [1.807, 2.05) is 0 Å². The minimum absolute atomic E-state index is 0.0599. The van der Waals surface area contributed by atoms with Gasteiger partial charge in [-0.3, -0.25) is 19.9 Å². The maximum absolute atomic E-state index is 11.4. The molecule has 2 heterocycles. The summed E-state index contributed by atoms with van der Waals surface area (Å²) in [5.74, 6) is 0.485. The molecule has 3 aromatic carbocycles. The van der Waals surface area contributed by atoms with Gasteiger partial charge in [-0.15, -0.1) is 0 Å². The van der Waals surface area contributed by atoms with Gasteiger partial charge in [0.25, 0.3) is 5.69 Å². The van der Waals surface area contributed by atoms with E-state index in [1.165, 1.54) is 34.5 Å². The number of aliphatic hydroxyl groups is 1. The first-order chi connectivity index (χ1) is 19.1. The second-order valence-corrected chi connectivity index (χ2v) is 10.3. The Kier molecular flexibility index (Phi) is 7.24. The van der Waals surface area contributed by atoms with Crippen molar-refractivity contribution in [1.29, 1.82) is 0 Å². The van der Waals surface area contributed by atoms with Crippen molar-refractivity contribution in [2.45, 2.75) is 25.0 Å². The third-order valence-electron chi connectivity index (χ3n) is 7.94. The first-order valence-corrected chi connectivity index (χ1v) is 13.5. The lowest BCUT2D eigenvalue weighted by Gasteiger charge is -2.40. The second-order valence-electron chi connectivity index (χ2n) is 10.3. The van der Waals surface area contributed by atoms with Gasteiger partial charge in [0.15, 0.2) is 5.52 Å². The summed E-state index contributed by atoms with van der Waals surface area (Å²) in [5, 5.41) is 22.7. The molecule has 1 unspecified atom stereocenters. The van der Waals surface area contributed by atoms with Crippen molar-refractivity contribution in [3.05, 3.63) is 111 Å². The van der Waals surface area contributed by atoms with Gasteiger partial charge < -0.3 is 9.84 Å². The number of aliphatic hydroxyl groups excluding tert-OH is 1. The number of fused-ring (bicyclic) bond motifs is 3. The van der Waals surface area contributed by atoms with Gasteiger partial charge in [0.05, 0.1) is 11.0 Å². The van der Waals surface area contributed by atoms with Crippen LogP contribution in [0, 0.1) is 10.1 Å². The van der Waals surface area contributed by atoms with Gasteiger partial charge in [0.2, 0.25) is 0 Å². The summed E-state index contributed by atoms with van der Waals surface area (Å²) in [6.45, 7) is 4.17. The van der Waals surface area contributed by atoms with Gasteiger partial charge >= 0.3 is 0 Å². The van der Waals surface area contributed by atoms with Crippen LogP contribution in [-0.2, 0) is 12.8 Å². The molecule has 6 rings (SSSR count). The lowest BCUT2D eigenvalue weighted by Crippen LogP contribution is -2.50. The fourth-order valence-electron chi connectivity index (χ4n) is 6.03. The number of nitro benzene ring substituents is 1. The Morgan fingerprint density at radius 2 is 1.59 bits per heavy atom. The highest BCUT2D eigenvalue weighted by Crippen LogP contribution is 2.37. The molecule has 8 nitrogen and oxygen atoms in total. The summed E-state index contributed by atoms with van der Waals surface area (Å²) in [6.07, 6.45) is 2.98. The van der Waals surface area contributed by atoms with Crippen LogP contribution in [0.3, 0.4) is 0 Å². The van der Waals surface area contributed by atoms with Crippen LogP contribution in [-0.4, -0.2) is 70.2 Å². The zero-order valence-electron chi connectivity index (χ0n) is 21.8. The van der Waals surface area contributed by atoms with Crippen LogP contribution in [0.5, 0.6) is 5.75 Å². The van der Waals surface area contributed by atoms with E-state index in [0.29, 0.717) is 17.7 Å². The number of β-amino-alcohol motifs (C(OH)–C–C–N with tert-alkyl or cyclic N) is 1. The molecule has 1 aromatic heterocycles. The summed E-state index contributed by atoms with van der Waals surface area (Å²) in [7, 11) is 0. The number of aryl methyl sites for hydroxylation is 2. The molecule has 1 atom stereocenters. The van der Waals surface area contributed by atoms with Crippen LogP contribution in [0.1, 0.15) is 28.3 Å². The quantitative estimate of drug-likeness (QED) is 0.283. The molecule has 0 radical (unpaired) electrons. The van der Waals surface area contributed by atoms with Crippen molar-refractivity contribution >= 4 is 16.6 Å². The predicted octanol–water partition coefficient (Wildman–Crippen LogP) is 4.39. The number of non-ortho nitro benzene ring substituents is 1. The highest BCUT2D eigenvalue weighted by Gasteiger charge is 2.31. The number of hydrogen-bond acceptors (Lipinski definition) is 7. The van der Waals surface area contributed by atoms with E-state index in [1.54, 1.807) is 18.2 Å². The van der Waals surface area contributed by atoms with Gasteiger partial charge in [-0.2, -0.15) is 0 Å². The molecule has 39 heavy (non-hydrogen) atoms. The average Bonchev–Trinajstić information content (AvgIpc) is 3.13. The van der Waals surface area contributed by atoms with Crippen LogP contribution in [0.15, 0.2) is 79.0 Å². The summed E-state index contributed by atoms with van der Waals surface area (Å²) < 4.78 is 5.92. The molecule has 1 aliphatic carbocycles. The number of ether oxygens (including phenoxy) is 1. The second kappa shape index (κ2) is 11.1. The topological polar surface area (TPSA) is 92.0 Å². The summed E-state index contributed by atoms with van der Waals surface area (Å²) >= 11 is 0. The Hall–Kier alpha value is -3.85. The van der Waals surface area contributed by atoms with Crippen molar-refractivity contribution in [2.75, 3.05) is 39.3 Å². The van der Waals surface area contributed by atoms with E-state index in [0.717, 1.165) is 39.0 Å². The number of rotatable bonds is 7. The number of piperazine rings is 1. The van der Waals surface area contributed by atoms with Crippen molar-refractivity contribution in [3.63, 3.8) is 0 Å². The Labute approximate surface area is 227 Å². The number of benzene rings is 3. The summed E-state index contributed by atoms with van der Waals surface area (Å²) in [6, 6.07) is 24.4. The van der Waals surface area contributed by atoms with Gasteiger partial charge in [0.1, 0.15) is 18.5 Å². The Balaban J connectivity index is 1.10. The van der Waals surface area contributed by atoms with Gasteiger partial charge in [-0.1, -0.05) is 48.5 Å². The molecule has 1 fully saturated rings. The maximum atomic E-state index is 11.4. The van der Waals surface area contributed by atoms with Crippen molar-refractivity contribution in [3.8, 4) is 5.75 Å². The van der Waals surface area contributed by atoms with E-state index >= 15 is 0 Å². The minimum atomic E-state index is -0.683. The van der Waals surface area contributed by atoms with Crippen LogP contribution >= 0.6 is 0 Å². The maximum Gasteiger partial charge on any atom is 0.295 e. The zero-order valence-corrected chi connectivity index (χ0v) is 21.8. The van der Waals surface area contributed by atoms with Gasteiger partial charge in [0, 0.05) is 50.4 Å². The molecule has 0 spiro atoms. The molecule has 0 bridgehead atoms. The summed E-state index contributed by atoms with van der Waals surface area (Å²) in [5.41, 5.74) is 5.91. The van der Waals surface area contributed by atoms with Gasteiger partial charge in [-0.05, 0) is 53.3 Å². The monoisotopic (exact) mass is 524 g/mol. The van der Waals surface area contributed by atoms with E-state index in [2.05, 4.69) is 63.3 Å². The molecule has 1 saturated heterocycles. The van der Waals surface area contributed by atoms with Crippen molar-refractivity contribution in [1.82, 2.24) is 14.8 Å². The number of nitrogens with zero attached hydrogens (tertiary/aromatic N) is 4. The number of nitro groups is 1. The third-order valence-corrected chi connectivity index (χ3v) is 7.94. The molecular formula is C31H32N4O4. The smallest absolute Gasteiger partial charge is 0.295 e. The standard InChI is InChI=1S/C31H32N4O4/c36-24(21-39-29-14-13-28(35(37)38)30-27(29)10-5-15-32-30)20-33-16-18-34(19-17-33)31-25-8-3-1-6-22(25)11-12-23-7-2-4-9-26(23)31/h1-10,13-15,24,31,36H,11-12,16-21H2. The number of hydrogen-bond donors (Lipinski definition) is 1. The molecule has 200 valence electrons. The Bertz CT molecular complexity index is 1440. The van der Waals surface area contributed by atoms with Crippen LogP contribution in [0.25, 0.3) is 10.9 Å². The molecular weight excluding hydrogens is 492 g/mol. The molecule has 0 amide bonds. The van der Waals surface area contributed by atoms with Crippen molar-refractivity contribution in [2.24, 2.45) is 0 Å². The minimum Gasteiger partial charge on any atom is -0.490 e. The predicted molar refractivity (Wildman–Crippen MR) is 150 cm³/mol. The van der Waals surface area contributed by atoms with Crippen molar-refractivity contribution < 1.29 is 14.8 Å². The van der Waals surface area contributed by atoms with E-state index in [9.17, 15) is 15.2 Å². The Morgan fingerprint density at radius 3 is 2.26 bits per heavy atom. The third kappa shape index (κ3) is 5.23. The van der Waals surface area contributed by atoms with Gasteiger partial charge in [-0.25, -0.2) is 4.98 Å². The lowest BCUT2D eigenvalue weighted by molar-refractivity contribution is -0.383. The van der Waals surface area contributed by atoms with E-state index < -0.39 is 11.0 Å². The lowest BCUT2D eigenvalue weighted by atomic mass is 9.92. The fraction of sp³-hybridized carbons (Fsp3) is 0.323. The molecule has 2 aliphatic rings. The first-order valence-electron chi connectivity index (χ1n) is 13.5. The molecule has 1 aliphatic heterocycles. The number of aromatic nitrogens is 1. The first kappa shape index (κ1) is 25.4. The fourth-order valence-corrected chi connectivity index (χ4v) is 6.03. The molecule has 0 saturated carbocycles. The number of pyridine rings is 1. The van der Waals surface area contributed by atoms with E-state index in [4.69, 9.17) is 4.74 Å². The SMILES string of the molecule is O=[N+]([O-])c1ccc(OCC(O)CN2CCN(C3c4ccccc4CCc4ccccc43)CC2)c2cccnc12. The molecule has 4 aromatic rings. The largest absolute Gasteiger partial charge is 0.490 e. The Morgan fingerprint density at radius 1 is 0.923 bits per heavy atom. The molecule has 1 N–H and O–H groups in total. The highest BCUT2D eigenvalue weighted by atomic mass is 16.6. The highest BCUT2D eigenvalue weighted by molar-refractivity contribution is 5.92. The average molecular weight is 525 g/mol. The van der Waals surface area contributed by atoms with Crippen LogP contribution in [0.2, 0.25) is 0 Å². The van der Waals surface area contributed by atoms with Crippen LogP contribution < -0.4 is 4.74 Å².